The Hall–Kier alpha value is -2.71. The number of rotatable bonds is 7. The fourth-order valence-corrected chi connectivity index (χ4v) is 3.38. The summed E-state index contributed by atoms with van der Waals surface area (Å²) in [6.45, 7) is 3.28. The first-order valence-corrected chi connectivity index (χ1v) is 9.68. The Labute approximate surface area is 159 Å². The topological polar surface area (TPSA) is 88.1 Å². The number of carbonyl (C=O) groups excluding carboxylic acids is 1. The van der Waals surface area contributed by atoms with E-state index in [1.807, 2.05) is 19.1 Å². The fraction of sp³-hybridized carbons (Fsp3) is 0.263. The molecule has 0 fully saturated rings. The van der Waals surface area contributed by atoms with Gasteiger partial charge in [0.1, 0.15) is 5.75 Å². The lowest BCUT2D eigenvalue weighted by Crippen LogP contribution is -2.36. The number of carbonyl (C=O) groups is 1. The molecular weight excluding hydrogens is 366 g/mol. The van der Waals surface area contributed by atoms with Crippen LogP contribution >= 0.6 is 0 Å². The van der Waals surface area contributed by atoms with E-state index in [9.17, 15) is 13.2 Å². The molecule has 2 aromatic carbocycles. The summed E-state index contributed by atoms with van der Waals surface area (Å²) in [5, 5.41) is 4.02. The van der Waals surface area contributed by atoms with Gasteiger partial charge in [-0.15, -0.1) is 0 Å². The van der Waals surface area contributed by atoms with Crippen molar-refractivity contribution in [2.24, 2.45) is 5.10 Å². The van der Waals surface area contributed by atoms with Gasteiger partial charge in [0.2, 0.25) is 10.0 Å². The Morgan fingerprint density at radius 3 is 2.26 bits per heavy atom. The summed E-state index contributed by atoms with van der Waals surface area (Å²) in [5.74, 6) is 0.194. The van der Waals surface area contributed by atoms with Crippen molar-refractivity contribution >= 4 is 21.6 Å². The number of nitrogens with one attached hydrogen (secondary N) is 1. The van der Waals surface area contributed by atoms with Crippen LogP contribution in [0, 0.1) is 6.92 Å². The molecule has 0 aliphatic heterocycles. The van der Waals surface area contributed by atoms with E-state index in [1.54, 1.807) is 38.3 Å². The molecule has 0 saturated heterocycles. The highest BCUT2D eigenvalue weighted by Gasteiger charge is 2.22. The molecule has 0 radical (unpaired) electrons. The minimum atomic E-state index is -3.74. The molecule has 0 spiro atoms. The summed E-state index contributed by atoms with van der Waals surface area (Å²) >= 11 is 0. The molecule has 2 aromatic rings. The summed E-state index contributed by atoms with van der Waals surface area (Å²) in [7, 11) is -0.802. The fourth-order valence-electron chi connectivity index (χ4n) is 2.26. The Kier molecular flexibility index (Phi) is 6.70. The second kappa shape index (κ2) is 8.79. The number of nitrogens with zero attached hydrogens (tertiary/aromatic N) is 2. The predicted molar refractivity (Wildman–Crippen MR) is 104 cm³/mol. The zero-order valence-corrected chi connectivity index (χ0v) is 16.6. The van der Waals surface area contributed by atoms with E-state index in [2.05, 4.69) is 10.5 Å². The van der Waals surface area contributed by atoms with E-state index < -0.39 is 15.9 Å². The Bertz CT molecular complexity index is 920. The van der Waals surface area contributed by atoms with Crippen LogP contribution in [0.4, 0.5) is 0 Å². The monoisotopic (exact) mass is 389 g/mol. The number of sulfonamides is 1. The number of aryl methyl sites for hydroxylation is 1. The zero-order valence-electron chi connectivity index (χ0n) is 15.8. The molecule has 27 heavy (non-hydrogen) atoms. The maximum absolute atomic E-state index is 12.5. The third kappa shape index (κ3) is 5.38. The summed E-state index contributed by atoms with van der Waals surface area (Å²) in [5.41, 5.74) is 4.75. The normalized spacial score (nSPS) is 12.1. The second-order valence-corrected chi connectivity index (χ2v) is 8.08. The molecule has 0 aromatic heterocycles. The van der Waals surface area contributed by atoms with Gasteiger partial charge in [0, 0.05) is 7.05 Å². The minimum Gasteiger partial charge on any atom is -0.497 e. The van der Waals surface area contributed by atoms with Crippen LogP contribution < -0.4 is 10.2 Å². The lowest BCUT2D eigenvalue weighted by atomic mass is 10.1. The molecule has 0 saturated carbocycles. The summed E-state index contributed by atoms with van der Waals surface area (Å²) in [6.07, 6.45) is 0. The van der Waals surface area contributed by atoms with Crippen LogP contribution in [0.1, 0.15) is 18.1 Å². The lowest BCUT2D eigenvalue weighted by molar-refractivity contribution is -0.121. The van der Waals surface area contributed by atoms with Gasteiger partial charge in [-0.05, 0) is 55.8 Å². The van der Waals surface area contributed by atoms with E-state index in [0.717, 1.165) is 21.2 Å². The van der Waals surface area contributed by atoms with Gasteiger partial charge in [0.25, 0.3) is 5.91 Å². The van der Waals surface area contributed by atoms with Gasteiger partial charge in [-0.25, -0.2) is 13.8 Å². The van der Waals surface area contributed by atoms with E-state index >= 15 is 0 Å². The smallest absolute Gasteiger partial charge is 0.255 e. The molecule has 0 aliphatic carbocycles. The zero-order chi connectivity index (χ0) is 20.0. The Morgan fingerprint density at radius 2 is 1.70 bits per heavy atom. The van der Waals surface area contributed by atoms with Crippen molar-refractivity contribution in [1.29, 1.82) is 0 Å². The van der Waals surface area contributed by atoms with Crippen molar-refractivity contribution < 1.29 is 17.9 Å². The number of hydrazone groups is 1. The third-order valence-electron chi connectivity index (χ3n) is 3.95. The highest BCUT2D eigenvalue weighted by Crippen LogP contribution is 2.15. The van der Waals surface area contributed by atoms with E-state index in [1.165, 1.54) is 19.2 Å². The first kappa shape index (κ1) is 20.6. The van der Waals surface area contributed by atoms with Crippen LogP contribution in [0.15, 0.2) is 58.5 Å². The maximum atomic E-state index is 12.5. The largest absolute Gasteiger partial charge is 0.497 e. The number of methoxy groups -OCH3 is 1. The number of likely N-dealkylation sites (N-methyl/N-ethyl adjacent to an activating group) is 1. The van der Waals surface area contributed by atoms with Crippen molar-refractivity contribution in [3.63, 3.8) is 0 Å². The van der Waals surface area contributed by atoms with E-state index in [0.29, 0.717) is 5.71 Å². The standard InChI is InChI=1S/C19H23N3O4S/c1-14-5-11-18(12-6-14)27(24,25)22(3)13-19(23)21-20-15(2)16-7-9-17(26-4)10-8-16/h5-12H,13H2,1-4H3,(H,21,23)/b20-15-. The van der Waals surface area contributed by atoms with Gasteiger partial charge in [0.15, 0.2) is 0 Å². The minimum absolute atomic E-state index is 0.140. The maximum Gasteiger partial charge on any atom is 0.255 e. The molecule has 0 bridgehead atoms. The number of ether oxygens (including phenoxy) is 1. The van der Waals surface area contributed by atoms with Gasteiger partial charge < -0.3 is 4.74 Å². The summed E-state index contributed by atoms with van der Waals surface area (Å²) in [4.78, 5) is 12.2. The second-order valence-electron chi connectivity index (χ2n) is 6.03. The summed E-state index contributed by atoms with van der Waals surface area (Å²) in [6, 6.07) is 13.7. The van der Waals surface area contributed by atoms with Crippen molar-refractivity contribution in [2.75, 3.05) is 20.7 Å². The molecule has 0 unspecified atom stereocenters. The highest BCUT2D eigenvalue weighted by molar-refractivity contribution is 7.89. The Morgan fingerprint density at radius 1 is 1.11 bits per heavy atom. The Balaban J connectivity index is 2.00. The molecule has 7 nitrogen and oxygen atoms in total. The summed E-state index contributed by atoms with van der Waals surface area (Å²) < 4.78 is 31.1. The van der Waals surface area contributed by atoms with Gasteiger partial charge in [-0.2, -0.15) is 9.41 Å². The first-order chi connectivity index (χ1) is 12.7. The molecule has 2 rings (SSSR count). The number of hydrogen-bond acceptors (Lipinski definition) is 5. The van der Waals surface area contributed by atoms with E-state index in [-0.39, 0.29) is 11.4 Å². The van der Waals surface area contributed by atoms with Crippen molar-refractivity contribution in [3.05, 3.63) is 59.7 Å². The van der Waals surface area contributed by atoms with Gasteiger partial charge >= 0.3 is 0 Å². The molecule has 144 valence electrons. The average Bonchev–Trinajstić information content (AvgIpc) is 2.66. The molecule has 0 aliphatic rings. The third-order valence-corrected chi connectivity index (χ3v) is 5.77. The first-order valence-electron chi connectivity index (χ1n) is 8.24. The van der Waals surface area contributed by atoms with Gasteiger partial charge in [-0.1, -0.05) is 17.7 Å². The molecule has 1 N–H and O–H groups in total. The molecule has 1 amide bonds. The van der Waals surface area contributed by atoms with Crippen LogP contribution in [0.5, 0.6) is 5.75 Å². The van der Waals surface area contributed by atoms with Crippen LogP contribution in [0.25, 0.3) is 0 Å². The van der Waals surface area contributed by atoms with Crippen LogP contribution in [-0.4, -0.2) is 45.0 Å². The number of amides is 1. The number of benzene rings is 2. The van der Waals surface area contributed by atoms with E-state index in [4.69, 9.17) is 4.74 Å². The molecule has 8 heteroatoms. The number of hydrogen-bond donors (Lipinski definition) is 1. The molecule has 0 atom stereocenters. The van der Waals surface area contributed by atoms with Crippen molar-refractivity contribution in [3.8, 4) is 5.75 Å². The molecule has 0 heterocycles. The highest BCUT2D eigenvalue weighted by atomic mass is 32.2. The van der Waals surface area contributed by atoms with Crippen LogP contribution in [-0.2, 0) is 14.8 Å². The molecular formula is C19H23N3O4S. The quantitative estimate of drug-likeness (QED) is 0.581. The van der Waals surface area contributed by atoms with Gasteiger partial charge in [-0.3, -0.25) is 4.79 Å². The van der Waals surface area contributed by atoms with Crippen molar-refractivity contribution in [2.45, 2.75) is 18.7 Å². The lowest BCUT2D eigenvalue weighted by Gasteiger charge is -2.16. The van der Waals surface area contributed by atoms with Crippen LogP contribution in [0.3, 0.4) is 0 Å². The van der Waals surface area contributed by atoms with Crippen LogP contribution in [0.2, 0.25) is 0 Å². The van der Waals surface area contributed by atoms with Gasteiger partial charge in [0.05, 0.1) is 24.3 Å². The predicted octanol–water partition coefficient (Wildman–Crippen LogP) is 2.16. The SMILES string of the molecule is COc1ccc(/C(C)=N\NC(=O)CN(C)S(=O)(=O)c2ccc(C)cc2)cc1. The van der Waals surface area contributed by atoms with Crippen molar-refractivity contribution in [1.82, 2.24) is 9.73 Å². The average molecular weight is 389 g/mol.